The molecule has 3 N–H and O–H groups in total. The first-order valence-electron chi connectivity index (χ1n) is 5.01. The molecule has 98 valence electrons. The Hall–Kier alpha value is -2.02. The van der Waals surface area contributed by atoms with Gasteiger partial charge in [-0.15, -0.1) is 0 Å². The summed E-state index contributed by atoms with van der Waals surface area (Å²) in [6.07, 6.45) is -0.507. The minimum absolute atomic E-state index is 0.186. The van der Waals surface area contributed by atoms with Crippen molar-refractivity contribution in [1.29, 1.82) is 0 Å². The third kappa shape index (κ3) is 3.49. The van der Waals surface area contributed by atoms with Crippen molar-refractivity contribution >= 4 is 11.9 Å². The Morgan fingerprint density at radius 1 is 1.33 bits per heavy atom. The molecule has 0 radical (unpaired) electrons. The summed E-state index contributed by atoms with van der Waals surface area (Å²) in [6.45, 7) is -0.785. The van der Waals surface area contributed by atoms with Gasteiger partial charge < -0.3 is 15.5 Å². The van der Waals surface area contributed by atoms with E-state index in [0.717, 1.165) is 6.07 Å². The fraction of sp³-hybridized carbons (Fsp3) is 0.273. The standard InChI is InChI=1S/C11H11F2NO4/c12-7-3-1-2-6(10(7)13)4-9(16)14-8(5-15)11(17)18/h1-3,8,15H,4-5H2,(H,14,16)(H,17,18)/t8-/m0/s1. The second-order valence-corrected chi connectivity index (χ2v) is 3.53. The number of carbonyl (C=O) groups excluding carboxylic acids is 1. The quantitative estimate of drug-likeness (QED) is 0.698. The van der Waals surface area contributed by atoms with Crippen molar-refractivity contribution in [3.63, 3.8) is 0 Å². The van der Waals surface area contributed by atoms with Gasteiger partial charge in [-0.3, -0.25) is 4.79 Å². The highest BCUT2D eigenvalue weighted by Crippen LogP contribution is 2.11. The van der Waals surface area contributed by atoms with Crippen LogP contribution in [0.15, 0.2) is 18.2 Å². The monoisotopic (exact) mass is 259 g/mol. The third-order valence-corrected chi connectivity index (χ3v) is 2.20. The lowest BCUT2D eigenvalue weighted by Gasteiger charge is -2.11. The molecule has 1 rings (SSSR count). The van der Waals surface area contributed by atoms with Crippen LogP contribution in [0.4, 0.5) is 8.78 Å². The van der Waals surface area contributed by atoms with Crippen LogP contribution in [-0.4, -0.2) is 34.7 Å². The van der Waals surface area contributed by atoms with E-state index < -0.39 is 42.6 Å². The van der Waals surface area contributed by atoms with Gasteiger partial charge in [0.15, 0.2) is 11.6 Å². The lowest BCUT2D eigenvalue weighted by Crippen LogP contribution is -2.44. The van der Waals surface area contributed by atoms with Crippen molar-refractivity contribution in [3.8, 4) is 0 Å². The van der Waals surface area contributed by atoms with Crippen LogP contribution in [0.25, 0.3) is 0 Å². The van der Waals surface area contributed by atoms with Crippen LogP contribution in [0.1, 0.15) is 5.56 Å². The van der Waals surface area contributed by atoms with Crippen molar-refractivity contribution in [2.45, 2.75) is 12.5 Å². The number of aliphatic hydroxyl groups is 1. The largest absolute Gasteiger partial charge is 0.480 e. The van der Waals surface area contributed by atoms with Crippen molar-refractivity contribution in [2.75, 3.05) is 6.61 Å². The fourth-order valence-corrected chi connectivity index (χ4v) is 1.29. The molecule has 0 aromatic heterocycles. The van der Waals surface area contributed by atoms with E-state index in [9.17, 15) is 18.4 Å². The predicted octanol–water partition coefficient (Wildman–Crippen LogP) is 0.0690. The number of hydrogen-bond acceptors (Lipinski definition) is 3. The summed E-state index contributed by atoms with van der Waals surface area (Å²) in [5.74, 6) is -4.47. The number of amides is 1. The SMILES string of the molecule is O=C(Cc1cccc(F)c1F)N[C@@H](CO)C(=O)O. The molecule has 0 heterocycles. The van der Waals surface area contributed by atoms with Crippen molar-refractivity contribution < 1.29 is 28.6 Å². The molecule has 5 nitrogen and oxygen atoms in total. The first-order valence-corrected chi connectivity index (χ1v) is 5.01. The minimum Gasteiger partial charge on any atom is -0.480 e. The molecule has 0 saturated carbocycles. The van der Waals surface area contributed by atoms with Gasteiger partial charge >= 0.3 is 5.97 Å². The van der Waals surface area contributed by atoms with E-state index in [2.05, 4.69) is 0 Å². The Kier molecular flexibility index (Phi) is 4.73. The summed E-state index contributed by atoms with van der Waals surface area (Å²) in [4.78, 5) is 21.9. The zero-order valence-electron chi connectivity index (χ0n) is 9.19. The summed E-state index contributed by atoms with van der Waals surface area (Å²) in [5, 5.41) is 19.2. The number of benzene rings is 1. The van der Waals surface area contributed by atoms with Gasteiger partial charge in [0.2, 0.25) is 5.91 Å². The number of carboxylic acid groups (broad SMARTS) is 1. The molecule has 0 spiro atoms. The van der Waals surface area contributed by atoms with Crippen molar-refractivity contribution in [2.24, 2.45) is 0 Å². The smallest absolute Gasteiger partial charge is 0.328 e. The summed E-state index contributed by atoms with van der Waals surface area (Å²) < 4.78 is 26.1. The van der Waals surface area contributed by atoms with Crippen LogP contribution < -0.4 is 5.32 Å². The van der Waals surface area contributed by atoms with Gasteiger partial charge in [0.1, 0.15) is 6.04 Å². The number of halogens is 2. The van der Waals surface area contributed by atoms with Gasteiger partial charge in [0.25, 0.3) is 0 Å². The zero-order chi connectivity index (χ0) is 13.7. The Morgan fingerprint density at radius 2 is 2.00 bits per heavy atom. The van der Waals surface area contributed by atoms with Gasteiger partial charge in [-0.25, -0.2) is 13.6 Å². The molecule has 0 aliphatic carbocycles. The highest BCUT2D eigenvalue weighted by atomic mass is 19.2. The van der Waals surface area contributed by atoms with Crippen LogP contribution in [0.3, 0.4) is 0 Å². The normalized spacial score (nSPS) is 11.9. The number of nitrogens with one attached hydrogen (secondary N) is 1. The topological polar surface area (TPSA) is 86.6 Å². The Morgan fingerprint density at radius 3 is 2.56 bits per heavy atom. The van der Waals surface area contributed by atoms with E-state index in [4.69, 9.17) is 10.2 Å². The molecule has 0 bridgehead atoms. The van der Waals surface area contributed by atoms with Gasteiger partial charge in [0, 0.05) is 5.56 Å². The summed E-state index contributed by atoms with van der Waals surface area (Å²) >= 11 is 0. The molecule has 0 unspecified atom stereocenters. The van der Waals surface area contributed by atoms with Crippen LogP contribution in [-0.2, 0) is 16.0 Å². The molecule has 1 aromatic carbocycles. The lowest BCUT2D eigenvalue weighted by molar-refractivity contribution is -0.142. The van der Waals surface area contributed by atoms with E-state index in [-0.39, 0.29) is 5.56 Å². The maximum absolute atomic E-state index is 13.2. The maximum Gasteiger partial charge on any atom is 0.328 e. The molecule has 0 saturated heterocycles. The number of carbonyl (C=O) groups is 2. The van der Waals surface area contributed by atoms with Crippen LogP contribution in [0.2, 0.25) is 0 Å². The molecule has 7 heteroatoms. The molecule has 1 aromatic rings. The van der Waals surface area contributed by atoms with E-state index >= 15 is 0 Å². The molecule has 18 heavy (non-hydrogen) atoms. The maximum atomic E-state index is 13.2. The molecule has 0 aliphatic heterocycles. The van der Waals surface area contributed by atoms with E-state index in [1.807, 2.05) is 5.32 Å². The Labute approximate surface area is 101 Å². The molecule has 0 aliphatic rings. The molecular formula is C11H11F2NO4. The molecular weight excluding hydrogens is 248 g/mol. The minimum atomic E-state index is -1.46. The van der Waals surface area contributed by atoms with Crippen molar-refractivity contribution in [3.05, 3.63) is 35.4 Å². The molecule has 1 atom stereocenters. The highest BCUT2D eigenvalue weighted by Gasteiger charge is 2.19. The predicted molar refractivity (Wildman–Crippen MR) is 56.7 cm³/mol. The van der Waals surface area contributed by atoms with E-state index in [0.29, 0.717) is 0 Å². The fourth-order valence-electron chi connectivity index (χ4n) is 1.29. The Bertz CT molecular complexity index is 464. The number of rotatable bonds is 5. The Balaban J connectivity index is 2.70. The van der Waals surface area contributed by atoms with Gasteiger partial charge in [-0.1, -0.05) is 12.1 Å². The molecule has 1 amide bonds. The number of aliphatic hydroxyl groups excluding tert-OH is 1. The highest BCUT2D eigenvalue weighted by molar-refractivity contribution is 5.84. The first-order chi connectivity index (χ1) is 8.45. The lowest BCUT2D eigenvalue weighted by atomic mass is 10.1. The first kappa shape index (κ1) is 14.0. The van der Waals surface area contributed by atoms with Crippen LogP contribution in [0.5, 0.6) is 0 Å². The second-order valence-electron chi connectivity index (χ2n) is 3.53. The number of hydrogen-bond donors (Lipinski definition) is 3. The van der Waals surface area contributed by atoms with E-state index in [1.54, 1.807) is 0 Å². The average Bonchev–Trinajstić information content (AvgIpc) is 2.31. The zero-order valence-corrected chi connectivity index (χ0v) is 9.19. The number of carboxylic acids is 1. The third-order valence-electron chi connectivity index (χ3n) is 2.20. The van der Waals surface area contributed by atoms with E-state index in [1.165, 1.54) is 12.1 Å². The van der Waals surface area contributed by atoms with Crippen molar-refractivity contribution in [1.82, 2.24) is 5.32 Å². The van der Waals surface area contributed by atoms with Gasteiger partial charge in [-0.2, -0.15) is 0 Å². The molecule has 0 fully saturated rings. The van der Waals surface area contributed by atoms with Gasteiger partial charge in [0.05, 0.1) is 13.0 Å². The van der Waals surface area contributed by atoms with Crippen LogP contribution >= 0.6 is 0 Å². The summed E-state index contributed by atoms with van der Waals surface area (Å²) in [5.41, 5.74) is -0.186. The summed E-state index contributed by atoms with van der Waals surface area (Å²) in [6, 6.07) is 1.90. The summed E-state index contributed by atoms with van der Waals surface area (Å²) in [7, 11) is 0. The van der Waals surface area contributed by atoms with Gasteiger partial charge in [-0.05, 0) is 6.07 Å². The van der Waals surface area contributed by atoms with Crippen LogP contribution in [0, 0.1) is 11.6 Å². The average molecular weight is 259 g/mol. The second kappa shape index (κ2) is 6.06. The number of aliphatic carboxylic acids is 1.